The number of hydrogen-bond acceptors (Lipinski definition) is 5. The minimum atomic E-state index is -0.380. The molecule has 0 radical (unpaired) electrons. The highest BCUT2D eigenvalue weighted by atomic mass is 16.2. The number of aromatic nitrogens is 3. The number of anilines is 2. The molecule has 1 aromatic heterocycles. The van der Waals surface area contributed by atoms with Crippen molar-refractivity contribution in [3.05, 3.63) is 36.2 Å². The van der Waals surface area contributed by atoms with E-state index in [4.69, 9.17) is 5.73 Å². The molecule has 25 heavy (non-hydrogen) atoms. The van der Waals surface area contributed by atoms with E-state index in [9.17, 15) is 9.59 Å². The largest absolute Gasteiger partial charge is 0.398 e. The zero-order chi connectivity index (χ0) is 17.6. The molecule has 2 aromatic rings. The molecule has 1 saturated heterocycles. The molecule has 0 unspecified atom stereocenters. The van der Waals surface area contributed by atoms with Gasteiger partial charge in [0.15, 0.2) is 0 Å². The van der Waals surface area contributed by atoms with Crippen LogP contribution in [0.25, 0.3) is 0 Å². The number of carbonyl (C=O) groups excluding carboxylic acids is 2. The summed E-state index contributed by atoms with van der Waals surface area (Å²) in [5.74, 6) is -0.205. The fraction of sp³-hybridized carbons (Fsp3) is 0.412. The van der Waals surface area contributed by atoms with E-state index in [2.05, 4.69) is 15.4 Å². The highest BCUT2D eigenvalue weighted by Crippen LogP contribution is 2.13. The number of para-hydroxylation sites is 1. The quantitative estimate of drug-likeness (QED) is 0.819. The van der Waals surface area contributed by atoms with Crippen molar-refractivity contribution in [2.75, 3.05) is 24.1 Å². The third kappa shape index (κ3) is 4.34. The molecule has 2 amide bonds. The van der Waals surface area contributed by atoms with E-state index < -0.39 is 0 Å². The standard InChI is InChI=1S/C17H22N6O2/c18-14-8-4-3-7-13(14)16(25)20-17-19-12-23(21-17)11-15(24)22-9-5-1-2-6-10-22/h3-4,7-8,12H,1-2,5-6,9-11,18H2,(H,20,21,25). The van der Waals surface area contributed by atoms with Crippen LogP contribution in [-0.2, 0) is 11.3 Å². The summed E-state index contributed by atoms with van der Waals surface area (Å²) in [5.41, 5.74) is 6.53. The van der Waals surface area contributed by atoms with Gasteiger partial charge in [-0.2, -0.15) is 0 Å². The Kier molecular flexibility index (Phi) is 5.27. The molecule has 2 heterocycles. The molecule has 0 bridgehead atoms. The molecule has 1 aliphatic heterocycles. The minimum absolute atomic E-state index is 0.0250. The Morgan fingerprint density at radius 1 is 1.12 bits per heavy atom. The number of carbonyl (C=O) groups is 2. The normalized spacial score (nSPS) is 14.8. The second kappa shape index (κ2) is 7.78. The average molecular weight is 342 g/mol. The van der Waals surface area contributed by atoms with E-state index in [0.717, 1.165) is 25.9 Å². The predicted molar refractivity (Wildman–Crippen MR) is 93.9 cm³/mol. The molecule has 3 rings (SSSR count). The molecule has 0 atom stereocenters. The number of nitrogen functional groups attached to an aromatic ring is 1. The van der Waals surface area contributed by atoms with Crippen LogP contribution in [0.3, 0.4) is 0 Å². The van der Waals surface area contributed by atoms with Crippen LogP contribution in [0.4, 0.5) is 11.6 Å². The van der Waals surface area contributed by atoms with Crippen LogP contribution in [0.15, 0.2) is 30.6 Å². The van der Waals surface area contributed by atoms with Crippen molar-refractivity contribution in [3.63, 3.8) is 0 Å². The number of likely N-dealkylation sites (tertiary alicyclic amines) is 1. The van der Waals surface area contributed by atoms with Gasteiger partial charge in [-0.25, -0.2) is 9.67 Å². The maximum absolute atomic E-state index is 12.4. The topological polar surface area (TPSA) is 106 Å². The van der Waals surface area contributed by atoms with E-state index >= 15 is 0 Å². The van der Waals surface area contributed by atoms with Gasteiger partial charge in [0.2, 0.25) is 11.9 Å². The van der Waals surface area contributed by atoms with Gasteiger partial charge in [-0.15, -0.1) is 5.10 Å². The van der Waals surface area contributed by atoms with Gasteiger partial charge in [-0.05, 0) is 25.0 Å². The van der Waals surface area contributed by atoms with Gasteiger partial charge < -0.3 is 10.6 Å². The Morgan fingerprint density at radius 2 is 1.84 bits per heavy atom. The average Bonchev–Trinajstić information content (AvgIpc) is 2.86. The van der Waals surface area contributed by atoms with Crippen molar-refractivity contribution in [2.24, 2.45) is 0 Å². The van der Waals surface area contributed by atoms with E-state index in [0.29, 0.717) is 11.3 Å². The maximum atomic E-state index is 12.4. The first kappa shape index (κ1) is 16.9. The van der Waals surface area contributed by atoms with Crippen LogP contribution in [0.5, 0.6) is 0 Å². The summed E-state index contributed by atoms with van der Waals surface area (Å²) in [7, 11) is 0. The summed E-state index contributed by atoms with van der Waals surface area (Å²) in [6.07, 6.45) is 5.88. The summed E-state index contributed by atoms with van der Waals surface area (Å²) in [4.78, 5) is 30.5. The van der Waals surface area contributed by atoms with Crippen molar-refractivity contribution in [2.45, 2.75) is 32.2 Å². The molecule has 8 heteroatoms. The lowest BCUT2D eigenvalue weighted by molar-refractivity contribution is -0.132. The lowest BCUT2D eigenvalue weighted by Gasteiger charge is -2.19. The van der Waals surface area contributed by atoms with Crippen LogP contribution < -0.4 is 11.1 Å². The lowest BCUT2D eigenvalue weighted by Crippen LogP contribution is -2.34. The fourth-order valence-corrected chi connectivity index (χ4v) is 2.86. The van der Waals surface area contributed by atoms with E-state index in [1.165, 1.54) is 23.9 Å². The summed E-state index contributed by atoms with van der Waals surface area (Å²) in [6, 6.07) is 6.77. The first-order valence-corrected chi connectivity index (χ1v) is 8.46. The van der Waals surface area contributed by atoms with Gasteiger partial charge in [-0.1, -0.05) is 25.0 Å². The summed E-state index contributed by atoms with van der Waals surface area (Å²) in [5, 5.41) is 6.74. The molecule has 1 aromatic carbocycles. The van der Waals surface area contributed by atoms with Crippen LogP contribution in [0, 0.1) is 0 Å². The number of nitrogens with one attached hydrogen (secondary N) is 1. The number of hydrogen-bond donors (Lipinski definition) is 2. The van der Waals surface area contributed by atoms with Gasteiger partial charge >= 0.3 is 0 Å². The zero-order valence-electron chi connectivity index (χ0n) is 14.0. The molecular formula is C17H22N6O2. The molecule has 3 N–H and O–H groups in total. The maximum Gasteiger partial charge on any atom is 0.260 e. The monoisotopic (exact) mass is 342 g/mol. The van der Waals surface area contributed by atoms with Crippen molar-refractivity contribution < 1.29 is 9.59 Å². The zero-order valence-corrected chi connectivity index (χ0v) is 14.0. The van der Waals surface area contributed by atoms with Gasteiger partial charge in [0.05, 0.1) is 5.56 Å². The van der Waals surface area contributed by atoms with Gasteiger partial charge in [0, 0.05) is 18.8 Å². The van der Waals surface area contributed by atoms with E-state index in [-0.39, 0.29) is 24.3 Å². The minimum Gasteiger partial charge on any atom is -0.398 e. The van der Waals surface area contributed by atoms with Gasteiger partial charge in [-0.3, -0.25) is 14.9 Å². The fourth-order valence-electron chi connectivity index (χ4n) is 2.86. The van der Waals surface area contributed by atoms with Crippen molar-refractivity contribution in [3.8, 4) is 0 Å². The molecular weight excluding hydrogens is 320 g/mol. The molecule has 0 saturated carbocycles. The number of nitrogens with two attached hydrogens (primary N) is 1. The van der Waals surface area contributed by atoms with Crippen LogP contribution in [-0.4, -0.2) is 44.6 Å². The Morgan fingerprint density at radius 3 is 2.56 bits per heavy atom. The SMILES string of the molecule is Nc1ccccc1C(=O)Nc1ncn(CC(=O)N2CCCCCC2)n1. The molecule has 132 valence electrons. The lowest BCUT2D eigenvalue weighted by atomic mass is 10.2. The molecule has 0 spiro atoms. The molecule has 0 aliphatic carbocycles. The number of nitrogens with zero attached hydrogens (tertiary/aromatic N) is 4. The summed E-state index contributed by atoms with van der Waals surface area (Å²) < 4.78 is 1.44. The highest BCUT2D eigenvalue weighted by Gasteiger charge is 2.17. The van der Waals surface area contributed by atoms with Gasteiger partial charge in [0.25, 0.3) is 5.91 Å². The summed E-state index contributed by atoms with van der Waals surface area (Å²) >= 11 is 0. The number of amides is 2. The van der Waals surface area contributed by atoms with Gasteiger partial charge in [0.1, 0.15) is 12.9 Å². The van der Waals surface area contributed by atoms with Crippen LogP contribution in [0.2, 0.25) is 0 Å². The summed E-state index contributed by atoms with van der Waals surface area (Å²) in [6.45, 7) is 1.71. The van der Waals surface area contributed by atoms with Crippen molar-refractivity contribution in [1.82, 2.24) is 19.7 Å². The second-order valence-corrected chi connectivity index (χ2v) is 6.10. The smallest absolute Gasteiger partial charge is 0.260 e. The Bertz CT molecular complexity index is 749. The Labute approximate surface area is 146 Å². The predicted octanol–water partition coefficient (Wildman–Crippen LogP) is 1.52. The third-order valence-electron chi connectivity index (χ3n) is 4.22. The first-order valence-electron chi connectivity index (χ1n) is 8.46. The second-order valence-electron chi connectivity index (χ2n) is 6.10. The highest BCUT2D eigenvalue weighted by molar-refractivity contribution is 6.06. The third-order valence-corrected chi connectivity index (χ3v) is 4.22. The van der Waals surface area contributed by atoms with E-state index in [1.807, 2.05) is 4.90 Å². The number of rotatable bonds is 4. The Balaban J connectivity index is 1.59. The van der Waals surface area contributed by atoms with Crippen molar-refractivity contribution in [1.29, 1.82) is 0 Å². The molecule has 1 fully saturated rings. The number of benzene rings is 1. The molecule has 8 nitrogen and oxygen atoms in total. The molecule has 1 aliphatic rings. The van der Waals surface area contributed by atoms with E-state index in [1.54, 1.807) is 24.3 Å². The van der Waals surface area contributed by atoms with Crippen molar-refractivity contribution >= 4 is 23.5 Å². The Hall–Kier alpha value is -2.90. The first-order chi connectivity index (χ1) is 12.1. The van der Waals surface area contributed by atoms with Crippen LogP contribution >= 0.6 is 0 Å². The van der Waals surface area contributed by atoms with Crippen LogP contribution in [0.1, 0.15) is 36.0 Å².